The van der Waals surface area contributed by atoms with Gasteiger partial charge in [-0.2, -0.15) is 0 Å². The molecule has 1 rings (SSSR count). The Hall–Kier alpha value is -1.23. The van der Waals surface area contributed by atoms with E-state index in [-0.39, 0.29) is 11.6 Å². The highest BCUT2D eigenvalue weighted by Gasteiger charge is 2.23. The Morgan fingerprint density at radius 3 is 2.17 bits per heavy atom. The third-order valence-electron chi connectivity index (χ3n) is 1.74. The van der Waals surface area contributed by atoms with Crippen molar-refractivity contribution < 1.29 is 14.3 Å². The van der Waals surface area contributed by atoms with Crippen molar-refractivity contribution in [1.82, 2.24) is 0 Å². The van der Waals surface area contributed by atoms with Crippen LogP contribution in [0.5, 0.6) is 5.75 Å². The predicted octanol–water partition coefficient (Wildman–Crippen LogP) is 3.46. The summed E-state index contributed by atoms with van der Waals surface area (Å²) in [4.78, 5) is 12.3. The number of anilines is 1. The molecule has 0 bridgehead atoms. The van der Waals surface area contributed by atoms with Gasteiger partial charge in [-0.1, -0.05) is 0 Å². The number of nitrogen functional groups attached to an aromatic ring is 1. The van der Waals surface area contributed by atoms with Crippen LogP contribution in [0.25, 0.3) is 0 Å². The van der Waals surface area contributed by atoms with E-state index in [1.165, 1.54) is 11.3 Å². The summed E-state index contributed by atoms with van der Waals surface area (Å²) >= 11 is 1.18. The molecule has 0 atom stereocenters. The minimum atomic E-state index is -0.513. The van der Waals surface area contributed by atoms with E-state index < -0.39 is 5.60 Å². The summed E-state index contributed by atoms with van der Waals surface area (Å²) < 4.78 is 11.0. The van der Waals surface area contributed by atoms with Crippen LogP contribution >= 0.6 is 11.3 Å². The Labute approximate surface area is 112 Å². The van der Waals surface area contributed by atoms with E-state index in [2.05, 4.69) is 0 Å². The summed E-state index contributed by atoms with van der Waals surface area (Å²) in [6.45, 7) is 11.3. The van der Waals surface area contributed by atoms with Gasteiger partial charge in [0, 0.05) is 6.07 Å². The first-order chi connectivity index (χ1) is 7.98. The van der Waals surface area contributed by atoms with Crippen molar-refractivity contribution >= 4 is 22.3 Å². The maximum atomic E-state index is 11.9. The Balaban J connectivity index is 2.87. The highest BCUT2D eigenvalue weighted by Crippen LogP contribution is 2.35. The van der Waals surface area contributed by atoms with Crippen LogP contribution in [0.4, 0.5) is 5.00 Å². The number of esters is 1. The first kappa shape index (κ1) is 14.8. The third-order valence-corrected chi connectivity index (χ3v) is 2.67. The summed E-state index contributed by atoms with van der Waals surface area (Å²) in [6, 6.07) is 1.64. The van der Waals surface area contributed by atoms with Gasteiger partial charge in [0.1, 0.15) is 21.1 Å². The molecule has 1 heterocycles. The van der Waals surface area contributed by atoms with E-state index in [0.717, 1.165) is 0 Å². The zero-order valence-electron chi connectivity index (χ0n) is 11.8. The summed E-state index contributed by atoms with van der Waals surface area (Å²) in [5.41, 5.74) is 4.98. The van der Waals surface area contributed by atoms with Crippen molar-refractivity contribution in [3.63, 3.8) is 0 Å². The lowest BCUT2D eigenvalue weighted by atomic mass is 10.2. The number of hydrogen-bond donors (Lipinski definition) is 1. The molecule has 0 saturated heterocycles. The average Bonchev–Trinajstić information content (AvgIpc) is 2.42. The van der Waals surface area contributed by atoms with Crippen molar-refractivity contribution in [2.24, 2.45) is 0 Å². The molecule has 18 heavy (non-hydrogen) atoms. The van der Waals surface area contributed by atoms with Crippen LogP contribution in [0.15, 0.2) is 6.07 Å². The number of hydrogen-bond acceptors (Lipinski definition) is 5. The summed E-state index contributed by atoms with van der Waals surface area (Å²) in [5, 5.41) is 0.491. The smallest absolute Gasteiger partial charge is 0.349 e. The zero-order valence-corrected chi connectivity index (χ0v) is 12.6. The Kier molecular flexibility index (Phi) is 3.96. The molecule has 1 aromatic rings. The molecule has 0 unspecified atom stereocenters. The van der Waals surface area contributed by atoms with Crippen LogP contribution in [0, 0.1) is 0 Å². The molecule has 1 aromatic heterocycles. The highest BCUT2D eigenvalue weighted by molar-refractivity contribution is 7.18. The molecular weight excluding hydrogens is 250 g/mol. The lowest BCUT2D eigenvalue weighted by Gasteiger charge is -2.20. The zero-order chi connectivity index (χ0) is 14.1. The monoisotopic (exact) mass is 271 g/mol. The van der Waals surface area contributed by atoms with Crippen molar-refractivity contribution in [1.29, 1.82) is 0 Å². The predicted molar refractivity (Wildman–Crippen MR) is 74.3 cm³/mol. The van der Waals surface area contributed by atoms with Crippen molar-refractivity contribution in [2.45, 2.75) is 52.7 Å². The second kappa shape index (κ2) is 4.80. The molecule has 0 aromatic carbocycles. The first-order valence-corrected chi connectivity index (χ1v) is 6.61. The average molecular weight is 271 g/mol. The number of nitrogens with two attached hydrogens (primary N) is 1. The van der Waals surface area contributed by atoms with E-state index in [4.69, 9.17) is 15.2 Å². The van der Waals surface area contributed by atoms with Gasteiger partial charge in [0.05, 0.1) is 0 Å². The van der Waals surface area contributed by atoms with Gasteiger partial charge in [-0.05, 0) is 41.5 Å². The molecule has 102 valence electrons. The molecule has 0 fully saturated rings. The van der Waals surface area contributed by atoms with E-state index >= 15 is 0 Å². The van der Waals surface area contributed by atoms with Crippen LogP contribution in [0.1, 0.15) is 51.2 Å². The van der Waals surface area contributed by atoms with Crippen LogP contribution < -0.4 is 10.5 Å². The van der Waals surface area contributed by atoms with Gasteiger partial charge in [0.25, 0.3) is 0 Å². The van der Waals surface area contributed by atoms with E-state index in [1.54, 1.807) is 6.07 Å². The summed E-state index contributed by atoms with van der Waals surface area (Å²) in [6.07, 6.45) is 0. The van der Waals surface area contributed by atoms with Crippen LogP contribution in [0.2, 0.25) is 0 Å². The SMILES string of the molecule is CC(C)(C)OC(=O)c1cc(OC(C)(C)C)c(N)s1. The Morgan fingerprint density at radius 2 is 1.72 bits per heavy atom. The number of ether oxygens (including phenoxy) is 2. The van der Waals surface area contributed by atoms with Gasteiger partial charge in [0.2, 0.25) is 0 Å². The second-order valence-corrected chi connectivity index (χ2v) is 7.14. The third kappa shape index (κ3) is 4.56. The van der Waals surface area contributed by atoms with Gasteiger partial charge >= 0.3 is 5.97 Å². The normalized spacial score (nSPS) is 12.3. The molecule has 0 aliphatic rings. The fourth-order valence-electron chi connectivity index (χ4n) is 1.23. The molecule has 0 amide bonds. The van der Waals surface area contributed by atoms with Crippen molar-refractivity contribution in [3.8, 4) is 5.75 Å². The van der Waals surface area contributed by atoms with E-state index in [9.17, 15) is 4.79 Å². The summed E-state index contributed by atoms with van der Waals surface area (Å²) in [5.74, 6) is 0.163. The minimum Gasteiger partial charge on any atom is -0.485 e. The van der Waals surface area contributed by atoms with Crippen molar-refractivity contribution in [3.05, 3.63) is 10.9 Å². The molecule has 0 spiro atoms. The van der Waals surface area contributed by atoms with Crippen LogP contribution in [0.3, 0.4) is 0 Å². The molecule has 5 heteroatoms. The van der Waals surface area contributed by atoms with E-state index in [1.807, 2.05) is 41.5 Å². The van der Waals surface area contributed by atoms with Gasteiger partial charge in [-0.25, -0.2) is 4.79 Å². The van der Waals surface area contributed by atoms with Gasteiger partial charge < -0.3 is 15.2 Å². The van der Waals surface area contributed by atoms with Crippen LogP contribution in [-0.2, 0) is 4.74 Å². The number of carbonyl (C=O) groups excluding carboxylic acids is 1. The first-order valence-electron chi connectivity index (χ1n) is 5.79. The van der Waals surface area contributed by atoms with Gasteiger partial charge in [-0.15, -0.1) is 11.3 Å². The van der Waals surface area contributed by atoms with E-state index in [0.29, 0.717) is 15.6 Å². The second-order valence-electron chi connectivity index (χ2n) is 6.06. The molecule has 0 aliphatic heterocycles. The number of thiophene rings is 1. The standard InChI is InChI=1S/C13H21NO3S/c1-12(2,3)16-8-7-9(18-10(8)14)11(15)17-13(4,5)6/h7H,14H2,1-6H3. The van der Waals surface area contributed by atoms with Gasteiger partial charge in [0.15, 0.2) is 5.75 Å². The molecule has 2 N–H and O–H groups in total. The highest BCUT2D eigenvalue weighted by atomic mass is 32.1. The largest absolute Gasteiger partial charge is 0.485 e. The van der Waals surface area contributed by atoms with Crippen molar-refractivity contribution in [2.75, 3.05) is 5.73 Å². The maximum absolute atomic E-state index is 11.9. The quantitative estimate of drug-likeness (QED) is 0.837. The molecule has 0 saturated carbocycles. The van der Waals surface area contributed by atoms with Crippen LogP contribution in [-0.4, -0.2) is 17.2 Å². The molecule has 0 radical (unpaired) electrons. The van der Waals surface area contributed by atoms with Gasteiger partial charge in [-0.3, -0.25) is 0 Å². The number of carbonyl (C=O) groups is 1. The lowest BCUT2D eigenvalue weighted by molar-refractivity contribution is 0.00744. The number of rotatable bonds is 2. The molecule has 0 aliphatic carbocycles. The Bertz CT molecular complexity index is 438. The summed E-state index contributed by atoms with van der Waals surface area (Å²) in [7, 11) is 0. The Morgan fingerprint density at radius 1 is 1.17 bits per heavy atom. The topological polar surface area (TPSA) is 61.5 Å². The fraction of sp³-hybridized carbons (Fsp3) is 0.615. The molecule has 4 nitrogen and oxygen atoms in total. The molecular formula is C13H21NO3S. The fourth-order valence-corrected chi connectivity index (χ4v) is 1.96. The lowest BCUT2D eigenvalue weighted by Crippen LogP contribution is -2.24. The minimum absolute atomic E-state index is 0.347. The maximum Gasteiger partial charge on any atom is 0.349 e.